The van der Waals surface area contributed by atoms with Crippen molar-refractivity contribution in [2.75, 3.05) is 16.3 Å². The predicted molar refractivity (Wildman–Crippen MR) is 122 cm³/mol. The number of rotatable bonds is 5. The molecule has 6 nitrogen and oxygen atoms in total. The Bertz CT molecular complexity index is 1240. The van der Waals surface area contributed by atoms with E-state index in [4.69, 9.17) is 0 Å². The van der Waals surface area contributed by atoms with Gasteiger partial charge in [0.2, 0.25) is 11.8 Å². The van der Waals surface area contributed by atoms with Crippen LogP contribution in [0, 0.1) is 11.7 Å². The van der Waals surface area contributed by atoms with Crippen LogP contribution in [0.2, 0.25) is 0 Å². The Morgan fingerprint density at radius 2 is 1.94 bits per heavy atom. The molecule has 1 aliphatic heterocycles. The molecule has 0 N–H and O–H groups in total. The molecule has 0 aliphatic carbocycles. The molecule has 1 atom stereocenters. The minimum atomic E-state index is -0.517. The summed E-state index contributed by atoms with van der Waals surface area (Å²) in [6.07, 6.45) is 3.51. The van der Waals surface area contributed by atoms with Gasteiger partial charge in [0.15, 0.2) is 5.13 Å². The topological polar surface area (TPSA) is 66.4 Å². The number of thiazole rings is 1. The van der Waals surface area contributed by atoms with Gasteiger partial charge >= 0.3 is 0 Å². The highest BCUT2D eigenvalue weighted by Gasteiger charge is 2.38. The fourth-order valence-corrected chi connectivity index (χ4v) is 4.82. The number of hydrogen-bond donors (Lipinski definition) is 0. The van der Waals surface area contributed by atoms with Gasteiger partial charge in [-0.1, -0.05) is 29.5 Å². The van der Waals surface area contributed by atoms with Crippen LogP contribution < -0.4 is 9.80 Å². The van der Waals surface area contributed by atoms with E-state index in [-0.39, 0.29) is 30.6 Å². The Labute approximate surface area is 187 Å². The molecule has 0 saturated carbocycles. The van der Waals surface area contributed by atoms with Gasteiger partial charge in [0, 0.05) is 31.0 Å². The van der Waals surface area contributed by atoms with Gasteiger partial charge in [-0.3, -0.25) is 19.5 Å². The molecular formula is C24H19FN4O2S. The second kappa shape index (κ2) is 8.47. The maximum absolute atomic E-state index is 13.6. The first-order chi connectivity index (χ1) is 15.6. The van der Waals surface area contributed by atoms with Crippen LogP contribution in [0.15, 0.2) is 73.1 Å². The van der Waals surface area contributed by atoms with Gasteiger partial charge in [-0.15, -0.1) is 0 Å². The first kappa shape index (κ1) is 20.3. The van der Waals surface area contributed by atoms with Gasteiger partial charge in [0.25, 0.3) is 0 Å². The number of carbonyl (C=O) groups excluding carboxylic acids is 2. The molecule has 2 aromatic heterocycles. The molecule has 0 spiro atoms. The molecule has 32 heavy (non-hydrogen) atoms. The molecule has 160 valence electrons. The Morgan fingerprint density at radius 3 is 2.69 bits per heavy atom. The maximum atomic E-state index is 13.6. The minimum Gasteiger partial charge on any atom is -0.312 e. The van der Waals surface area contributed by atoms with Crippen molar-refractivity contribution >= 4 is 44.2 Å². The second-order valence-corrected chi connectivity index (χ2v) is 8.64. The summed E-state index contributed by atoms with van der Waals surface area (Å²) >= 11 is 1.44. The van der Waals surface area contributed by atoms with E-state index < -0.39 is 5.92 Å². The van der Waals surface area contributed by atoms with Gasteiger partial charge < -0.3 is 4.90 Å². The van der Waals surface area contributed by atoms with Crippen molar-refractivity contribution in [3.05, 3.63) is 84.4 Å². The van der Waals surface area contributed by atoms with Crippen molar-refractivity contribution in [2.45, 2.75) is 13.0 Å². The third kappa shape index (κ3) is 3.97. The Balaban J connectivity index is 1.45. The summed E-state index contributed by atoms with van der Waals surface area (Å²) < 4.78 is 14.3. The zero-order valence-corrected chi connectivity index (χ0v) is 17.8. The number of hydrogen-bond acceptors (Lipinski definition) is 5. The first-order valence-electron chi connectivity index (χ1n) is 10.2. The lowest BCUT2D eigenvalue weighted by Crippen LogP contribution is -2.37. The standard InChI is InChI=1S/C24H19FN4O2S/c25-18-7-9-19(10-8-18)28-15-17(12-22(28)30)23(31)29(14-16-4-3-11-26-13-16)24-27-20-5-1-2-6-21(20)32-24/h1-11,13,17H,12,14-15H2. The van der Waals surface area contributed by atoms with E-state index in [9.17, 15) is 14.0 Å². The average molecular weight is 447 g/mol. The normalized spacial score (nSPS) is 16.0. The molecule has 5 rings (SSSR count). The van der Waals surface area contributed by atoms with E-state index in [2.05, 4.69) is 9.97 Å². The van der Waals surface area contributed by atoms with E-state index >= 15 is 0 Å². The van der Waals surface area contributed by atoms with Crippen LogP contribution in [-0.2, 0) is 16.1 Å². The van der Waals surface area contributed by atoms with Gasteiger partial charge in [-0.25, -0.2) is 9.37 Å². The number of fused-ring (bicyclic) bond motifs is 1. The average Bonchev–Trinajstić information content (AvgIpc) is 3.42. The molecule has 2 aromatic carbocycles. The van der Waals surface area contributed by atoms with Gasteiger partial charge in [-0.05, 0) is 48.0 Å². The highest BCUT2D eigenvalue weighted by Crippen LogP contribution is 2.33. The van der Waals surface area contributed by atoms with E-state index in [1.807, 2.05) is 36.4 Å². The molecule has 1 saturated heterocycles. The summed E-state index contributed by atoms with van der Waals surface area (Å²) in [7, 11) is 0. The number of amides is 2. The number of aromatic nitrogens is 2. The fraction of sp³-hybridized carbons (Fsp3) is 0.167. The monoisotopic (exact) mass is 446 g/mol. The fourth-order valence-electron chi connectivity index (χ4n) is 3.85. The molecule has 3 heterocycles. The largest absolute Gasteiger partial charge is 0.312 e. The van der Waals surface area contributed by atoms with Crippen LogP contribution in [0.25, 0.3) is 10.2 Å². The number of halogens is 1. The van der Waals surface area contributed by atoms with Crippen LogP contribution in [0.4, 0.5) is 15.2 Å². The van der Waals surface area contributed by atoms with Gasteiger partial charge in [0.1, 0.15) is 5.82 Å². The number of para-hydroxylation sites is 1. The summed E-state index contributed by atoms with van der Waals surface area (Å²) in [6.45, 7) is 0.561. The number of pyridine rings is 1. The van der Waals surface area contributed by atoms with Crippen LogP contribution in [0.1, 0.15) is 12.0 Å². The third-order valence-electron chi connectivity index (χ3n) is 5.46. The molecule has 1 fully saturated rings. The van der Waals surface area contributed by atoms with Crippen molar-refractivity contribution in [3.63, 3.8) is 0 Å². The third-order valence-corrected chi connectivity index (χ3v) is 6.51. The first-order valence-corrected chi connectivity index (χ1v) is 11.0. The number of carbonyl (C=O) groups is 2. The van der Waals surface area contributed by atoms with Crippen molar-refractivity contribution < 1.29 is 14.0 Å². The van der Waals surface area contributed by atoms with Crippen molar-refractivity contribution in [1.29, 1.82) is 0 Å². The van der Waals surface area contributed by atoms with Crippen LogP contribution in [0.5, 0.6) is 0 Å². The lowest BCUT2D eigenvalue weighted by molar-refractivity contribution is -0.124. The van der Waals surface area contributed by atoms with E-state index in [0.29, 0.717) is 17.4 Å². The van der Waals surface area contributed by atoms with Gasteiger partial charge in [0.05, 0.1) is 22.7 Å². The highest BCUT2D eigenvalue weighted by molar-refractivity contribution is 7.22. The Kier molecular flexibility index (Phi) is 5.36. The molecule has 8 heteroatoms. The lowest BCUT2D eigenvalue weighted by Gasteiger charge is -2.23. The number of nitrogens with zero attached hydrogens (tertiary/aromatic N) is 4. The van der Waals surface area contributed by atoms with Crippen LogP contribution >= 0.6 is 11.3 Å². The molecule has 2 amide bonds. The summed E-state index contributed by atoms with van der Waals surface area (Å²) in [5.41, 5.74) is 2.29. The molecule has 0 bridgehead atoms. The molecule has 1 unspecified atom stereocenters. The summed E-state index contributed by atoms with van der Waals surface area (Å²) in [6, 6.07) is 17.2. The number of benzene rings is 2. The second-order valence-electron chi connectivity index (χ2n) is 7.63. The van der Waals surface area contributed by atoms with Gasteiger partial charge in [-0.2, -0.15) is 0 Å². The van der Waals surface area contributed by atoms with Crippen molar-refractivity contribution in [2.24, 2.45) is 5.92 Å². The highest BCUT2D eigenvalue weighted by atomic mass is 32.1. The SMILES string of the molecule is O=C1CC(C(=O)N(Cc2cccnc2)c2nc3ccccc3s2)CN1c1ccc(F)cc1. The molecule has 0 radical (unpaired) electrons. The van der Waals surface area contributed by atoms with E-state index in [1.54, 1.807) is 34.3 Å². The van der Waals surface area contributed by atoms with Crippen LogP contribution in [0.3, 0.4) is 0 Å². The lowest BCUT2D eigenvalue weighted by atomic mass is 10.1. The van der Waals surface area contributed by atoms with E-state index in [0.717, 1.165) is 15.8 Å². The molecule has 1 aliphatic rings. The van der Waals surface area contributed by atoms with Crippen molar-refractivity contribution in [3.8, 4) is 0 Å². The van der Waals surface area contributed by atoms with Crippen LogP contribution in [-0.4, -0.2) is 28.3 Å². The molecule has 4 aromatic rings. The Hall–Kier alpha value is -3.65. The number of anilines is 2. The summed E-state index contributed by atoms with van der Waals surface area (Å²) in [4.78, 5) is 38.3. The zero-order chi connectivity index (χ0) is 22.1. The Morgan fingerprint density at radius 1 is 1.12 bits per heavy atom. The predicted octanol–water partition coefficient (Wildman–Crippen LogP) is 4.42. The van der Waals surface area contributed by atoms with E-state index in [1.165, 1.54) is 23.5 Å². The smallest absolute Gasteiger partial charge is 0.234 e. The summed E-state index contributed by atoms with van der Waals surface area (Å²) in [5, 5.41) is 0.590. The molecular weight excluding hydrogens is 427 g/mol. The van der Waals surface area contributed by atoms with Crippen molar-refractivity contribution in [1.82, 2.24) is 9.97 Å². The minimum absolute atomic E-state index is 0.102. The quantitative estimate of drug-likeness (QED) is 0.455. The maximum Gasteiger partial charge on any atom is 0.234 e. The zero-order valence-electron chi connectivity index (χ0n) is 17.0. The summed E-state index contributed by atoms with van der Waals surface area (Å²) in [5.74, 6) is -1.20.